The van der Waals surface area contributed by atoms with Crippen molar-refractivity contribution in [2.45, 2.75) is 38.6 Å². The Kier molecular flexibility index (Phi) is 6.04. The van der Waals surface area contributed by atoms with Crippen LogP contribution in [0.2, 0.25) is 0 Å². The van der Waals surface area contributed by atoms with Gasteiger partial charge in [0.2, 0.25) is 10.0 Å². The molecule has 0 bridgehead atoms. The van der Waals surface area contributed by atoms with Crippen molar-refractivity contribution in [3.05, 3.63) is 64.2 Å². The molecule has 0 saturated carbocycles. The van der Waals surface area contributed by atoms with Crippen molar-refractivity contribution in [3.8, 4) is 0 Å². The van der Waals surface area contributed by atoms with Crippen LogP contribution in [0.3, 0.4) is 0 Å². The molecule has 0 aliphatic carbocycles. The fourth-order valence-electron chi connectivity index (χ4n) is 3.48. The van der Waals surface area contributed by atoms with E-state index in [-0.39, 0.29) is 17.2 Å². The van der Waals surface area contributed by atoms with Crippen LogP contribution in [-0.4, -0.2) is 41.1 Å². The molecular formula is C21H25N3O4S. The van der Waals surface area contributed by atoms with Crippen LogP contribution in [0.25, 0.3) is 10.9 Å². The molecule has 0 saturated heterocycles. The number of Topliss-reactive ketones (excluding diaryl/α,β-unsaturated/α-hetero) is 1. The third kappa shape index (κ3) is 3.90. The molecule has 2 heterocycles. The summed E-state index contributed by atoms with van der Waals surface area (Å²) in [6.07, 6.45) is 3.73. The zero-order chi connectivity index (χ0) is 21.2. The van der Waals surface area contributed by atoms with E-state index < -0.39 is 15.6 Å². The van der Waals surface area contributed by atoms with E-state index in [2.05, 4.69) is 4.98 Å². The predicted molar refractivity (Wildman–Crippen MR) is 113 cm³/mol. The van der Waals surface area contributed by atoms with Crippen LogP contribution in [0.1, 0.15) is 36.7 Å². The van der Waals surface area contributed by atoms with Crippen molar-refractivity contribution >= 4 is 26.7 Å². The number of rotatable bonds is 8. The molecule has 0 fully saturated rings. The lowest BCUT2D eigenvalue weighted by atomic mass is 10.0. The lowest BCUT2D eigenvalue weighted by molar-refractivity contribution is 0.0972. The highest BCUT2D eigenvalue weighted by Gasteiger charge is 2.23. The molecule has 2 aromatic heterocycles. The smallest absolute Gasteiger partial charge is 0.251 e. The van der Waals surface area contributed by atoms with Crippen molar-refractivity contribution in [1.29, 1.82) is 0 Å². The van der Waals surface area contributed by atoms with Gasteiger partial charge in [0.1, 0.15) is 0 Å². The second kappa shape index (κ2) is 8.34. The highest BCUT2D eigenvalue weighted by atomic mass is 32.2. The Morgan fingerprint density at radius 2 is 1.83 bits per heavy atom. The van der Waals surface area contributed by atoms with E-state index in [1.54, 1.807) is 20.0 Å². The van der Waals surface area contributed by atoms with Crippen LogP contribution >= 0.6 is 0 Å². The summed E-state index contributed by atoms with van der Waals surface area (Å²) in [5.41, 5.74) is 2.07. The van der Waals surface area contributed by atoms with Gasteiger partial charge in [0, 0.05) is 48.0 Å². The fraction of sp³-hybridized carbons (Fsp3) is 0.333. The number of nitrogens with one attached hydrogen (secondary N) is 1. The lowest BCUT2D eigenvalue weighted by Crippen LogP contribution is -2.32. The summed E-state index contributed by atoms with van der Waals surface area (Å²) in [5, 5.41) is 0.800. The number of hydrogen-bond donors (Lipinski definition) is 1. The van der Waals surface area contributed by atoms with E-state index in [4.69, 9.17) is 0 Å². The number of aryl methyl sites for hydroxylation is 1. The number of aromatic amines is 1. The van der Waals surface area contributed by atoms with Gasteiger partial charge in [-0.15, -0.1) is 0 Å². The summed E-state index contributed by atoms with van der Waals surface area (Å²) >= 11 is 0. The van der Waals surface area contributed by atoms with Crippen LogP contribution in [0.15, 0.2) is 52.4 Å². The summed E-state index contributed by atoms with van der Waals surface area (Å²) in [7, 11) is -3.72. The highest BCUT2D eigenvalue weighted by Crippen LogP contribution is 2.23. The third-order valence-electron chi connectivity index (χ3n) is 5.10. The first kappa shape index (κ1) is 21.0. The number of pyridine rings is 1. The van der Waals surface area contributed by atoms with Crippen molar-refractivity contribution in [2.75, 3.05) is 13.1 Å². The number of carbonyl (C=O) groups excluding carboxylic acids is 1. The predicted octanol–water partition coefficient (Wildman–Crippen LogP) is 2.81. The molecule has 8 heteroatoms. The summed E-state index contributed by atoms with van der Waals surface area (Å²) in [5.74, 6) is -0.260. The molecule has 1 aromatic carbocycles. The van der Waals surface area contributed by atoms with E-state index >= 15 is 0 Å². The first-order valence-corrected chi connectivity index (χ1v) is 11.1. The zero-order valence-electron chi connectivity index (χ0n) is 16.8. The summed E-state index contributed by atoms with van der Waals surface area (Å²) < 4.78 is 27.9. The molecule has 3 aromatic rings. The molecular weight excluding hydrogens is 390 g/mol. The van der Waals surface area contributed by atoms with E-state index in [0.29, 0.717) is 18.7 Å². The SMILES string of the molecule is CCc1cccc2c(C(=O)Cn3cc(S(=O)(=O)N(CC)CC)ccc3=O)c[nH]c12. The van der Waals surface area contributed by atoms with Gasteiger partial charge in [0.15, 0.2) is 5.78 Å². The van der Waals surface area contributed by atoms with Crippen molar-refractivity contribution in [2.24, 2.45) is 0 Å². The van der Waals surface area contributed by atoms with Crippen LogP contribution in [-0.2, 0) is 23.0 Å². The Bertz CT molecular complexity index is 1200. The molecule has 1 N–H and O–H groups in total. The minimum absolute atomic E-state index is 0.000737. The Labute approximate surface area is 170 Å². The zero-order valence-corrected chi connectivity index (χ0v) is 17.6. The van der Waals surface area contributed by atoms with Crippen LogP contribution in [0.4, 0.5) is 0 Å². The molecule has 0 aliphatic rings. The largest absolute Gasteiger partial charge is 0.360 e. The summed E-state index contributed by atoms with van der Waals surface area (Å²) in [6.45, 7) is 5.96. The number of ketones is 1. The molecule has 0 radical (unpaired) electrons. The fourth-order valence-corrected chi connectivity index (χ4v) is 4.96. The van der Waals surface area contributed by atoms with Crippen molar-refractivity contribution < 1.29 is 13.2 Å². The van der Waals surface area contributed by atoms with Crippen molar-refractivity contribution in [3.63, 3.8) is 0 Å². The molecule has 0 aliphatic heterocycles. The Balaban J connectivity index is 1.97. The molecule has 154 valence electrons. The number of fused-ring (bicyclic) bond motifs is 1. The van der Waals surface area contributed by atoms with Crippen LogP contribution in [0, 0.1) is 0 Å². The number of para-hydroxylation sites is 1. The minimum atomic E-state index is -3.72. The standard InChI is InChI=1S/C21H25N3O4S/c1-4-15-8-7-9-17-18(12-22-21(15)17)19(25)14-23-13-16(10-11-20(23)26)29(27,28)24(5-2)6-3/h7-13,22H,4-6,14H2,1-3H3. The highest BCUT2D eigenvalue weighted by molar-refractivity contribution is 7.89. The molecule has 0 unspecified atom stereocenters. The Morgan fingerprint density at radius 1 is 1.10 bits per heavy atom. The maximum Gasteiger partial charge on any atom is 0.251 e. The van der Waals surface area contributed by atoms with E-state index in [0.717, 1.165) is 27.5 Å². The number of hydrogen-bond acceptors (Lipinski definition) is 4. The first-order valence-electron chi connectivity index (χ1n) is 9.66. The second-order valence-corrected chi connectivity index (χ2v) is 8.68. The first-order chi connectivity index (χ1) is 13.8. The number of nitrogens with zero attached hydrogens (tertiary/aromatic N) is 2. The average molecular weight is 416 g/mol. The van der Waals surface area contributed by atoms with E-state index in [1.807, 2.05) is 25.1 Å². The molecule has 29 heavy (non-hydrogen) atoms. The third-order valence-corrected chi connectivity index (χ3v) is 7.13. The van der Waals surface area contributed by atoms with E-state index in [1.165, 1.54) is 22.6 Å². The summed E-state index contributed by atoms with van der Waals surface area (Å²) in [6, 6.07) is 8.24. The quantitative estimate of drug-likeness (QED) is 0.573. The lowest BCUT2D eigenvalue weighted by Gasteiger charge is -2.18. The molecule has 3 rings (SSSR count). The van der Waals surface area contributed by atoms with Gasteiger partial charge in [0.05, 0.1) is 11.4 Å². The minimum Gasteiger partial charge on any atom is -0.360 e. The number of carbonyl (C=O) groups is 1. The topological polar surface area (TPSA) is 92.2 Å². The summed E-state index contributed by atoms with van der Waals surface area (Å²) in [4.78, 5) is 28.3. The second-order valence-electron chi connectivity index (χ2n) is 6.74. The normalized spacial score (nSPS) is 12.0. The Hall–Kier alpha value is -2.71. The van der Waals surface area contributed by atoms with Gasteiger partial charge in [-0.3, -0.25) is 9.59 Å². The molecule has 0 spiro atoms. The number of benzene rings is 1. The van der Waals surface area contributed by atoms with Crippen LogP contribution in [0.5, 0.6) is 0 Å². The van der Waals surface area contributed by atoms with Gasteiger partial charge >= 0.3 is 0 Å². The maximum atomic E-state index is 12.9. The van der Waals surface area contributed by atoms with E-state index in [9.17, 15) is 18.0 Å². The van der Waals surface area contributed by atoms with Gasteiger partial charge < -0.3 is 9.55 Å². The number of aromatic nitrogens is 2. The average Bonchev–Trinajstić information content (AvgIpc) is 3.14. The van der Waals surface area contributed by atoms with Crippen molar-refractivity contribution in [1.82, 2.24) is 13.9 Å². The van der Waals surface area contributed by atoms with Gasteiger partial charge in [-0.2, -0.15) is 4.31 Å². The molecule has 7 nitrogen and oxygen atoms in total. The van der Waals surface area contributed by atoms with Gasteiger partial charge in [-0.25, -0.2) is 8.42 Å². The van der Waals surface area contributed by atoms with Gasteiger partial charge in [-0.05, 0) is 18.1 Å². The number of H-pyrrole nitrogens is 1. The monoisotopic (exact) mass is 415 g/mol. The maximum absolute atomic E-state index is 12.9. The van der Waals surface area contributed by atoms with Gasteiger partial charge in [0.25, 0.3) is 5.56 Å². The molecule has 0 atom stereocenters. The van der Waals surface area contributed by atoms with Gasteiger partial charge in [-0.1, -0.05) is 39.0 Å². The Morgan fingerprint density at radius 3 is 2.48 bits per heavy atom. The van der Waals surface area contributed by atoms with Crippen LogP contribution < -0.4 is 5.56 Å². The molecule has 0 amide bonds. The number of sulfonamides is 1.